The highest BCUT2D eigenvalue weighted by atomic mass is 35.5. The molecule has 2 aliphatic rings. The number of halogens is 1. The van der Waals surface area contributed by atoms with E-state index in [-0.39, 0.29) is 24.4 Å². The largest absolute Gasteiger partial charge is 0.454 e. The maximum atomic E-state index is 12.6. The second-order valence-corrected chi connectivity index (χ2v) is 7.31. The van der Waals surface area contributed by atoms with Crippen molar-refractivity contribution in [3.63, 3.8) is 0 Å². The molecule has 1 fully saturated rings. The zero-order chi connectivity index (χ0) is 19.5. The number of ether oxygens (including phenoxy) is 2. The molecule has 0 N–H and O–H groups in total. The highest BCUT2D eigenvalue weighted by Gasteiger charge is 2.27. The van der Waals surface area contributed by atoms with Gasteiger partial charge in [-0.15, -0.1) is 0 Å². The summed E-state index contributed by atoms with van der Waals surface area (Å²) in [4.78, 5) is 26.8. The van der Waals surface area contributed by atoms with E-state index in [9.17, 15) is 9.59 Å². The molecule has 0 unspecified atom stereocenters. The Hall–Kier alpha value is -2.79. The van der Waals surface area contributed by atoms with Crippen molar-refractivity contribution in [2.75, 3.05) is 19.9 Å². The molecule has 0 radical (unpaired) electrons. The Morgan fingerprint density at radius 2 is 1.82 bits per heavy atom. The number of amides is 1. The van der Waals surface area contributed by atoms with Crippen molar-refractivity contribution in [1.82, 2.24) is 4.90 Å². The van der Waals surface area contributed by atoms with Crippen LogP contribution in [0.1, 0.15) is 28.8 Å². The molecule has 2 aliphatic heterocycles. The molecule has 144 valence electrons. The predicted molar refractivity (Wildman–Crippen MR) is 107 cm³/mol. The summed E-state index contributed by atoms with van der Waals surface area (Å²) >= 11 is 6.17. The van der Waals surface area contributed by atoms with Crippen LogP contribution in [0.4, 0.5) is 0 Å². The van der Waals surface area contributed by atoms with Gasteiger partial charge < -0.3 is 14.4 Å². The topological polar surface area (TPSA) is 55.8 Å². The minimum Gasteiger partial charge on any atom is -0.454 e. The van der Waals surface area contributed by atoms with Gasteiger partial charge in [-0.05, 0) is 36.6 Å². The molecule has 0 atom stereocenters. The monoisotopic (exact) mass is 397 g/mol. The van der Waals surface area contributed by atoms with Crippen molar-refractivity contribution in [2.24, 2.45) is 5.92 Å². The predicted octanol–water partition coefficient (Wildman–Crippen LogP) is 4.20. The number of rotatable bonds is 4. The molecule has 28 heavy (non-hydrogen) atoms. The summed E-state index contributed by atoms with van der Waals surface area (Å²) in [5.74, 6) is 1.19. The minimum atomic E-state index is -0.0700. The average Bonchev–Trinajstić information content (AvgIpc) is 3.21. The van der Waals surface area contributed by atoms with Crippen molar-refractivity contribution in [3.05, 3.63) is 64.7 Å². The SMILES string of the molecule is O=C(c1ccccc1)C1CCN(C(=O)/C=C/c2cc(Cl)c3c(c2)OCO3)CC1. The summed E-state index contributed by atoms with van der Waals surface area (Å²) in [5.41, 5.74) is 1.52. The van der Waals surface area contributed by atoms with Gasteiger partial charge in [-0.25, -0.2) is 0 Å². The van der Waals surface area contributed by atoms with Gasteiger partial charge in [0.25, 0.3) is 0 Å². The number of carbonyl (C=O) groups is 2. The molecule has 2 heterocycles. The van der Waals surface area contributed by atoms with Gasteiger partial charge in [0.05, 0.1) is 5.02 Å². The minimum absolute atomic E-state index is 0.0249. The summed E-state index contributed by atoms with van der Waals surface area (Å²) in [6, 6.07) is 12.9. The van der Waals surface area contributed by atoms with Crippen molar-refractivity contribution < 1.29 is 19.1 Å². The van der Waals surface area contributed by atoms with Crippen LogP contribution in [-0.4, -0.2) is 36.5 Å². The van der Waals surface area contributed by atoms with Gasteiger partial charge in [0.2, 0.25) is 12.7 Å². The average molecular weight is 398 g/mol. The lowest BCUT2D eigenvalue weighted by Gasteiger charge is -2.30. The number of piperidine rings is 1. The Kier molecular flexibility index (Phi) is 5.35. The molecule has 4 rings (SSSR count). The maximum absolute atomic E-state index is 12.6. The zero-order valence-corrected chi connectivity index (χ0v) is 16.0. The van der Waals surface area contributed by atoms with E-state index in [0.29, 0.717) is 42.5 Å². The number of ketones is 1. The standard InChI is InChI=1S/C22H20ClNO4/c23-18-12-15(13-19-22(18)28-14-27-19)6-7-20(25)24-10-8-17(9-11-24)21(26)16-4-2-1-3-5-16/h1-7,12-13,17H,8-11,14H2/b7-6+. The number of likely N-dealkylation sites (tertiary alicyclic amines) is 1. The van der Waals surface area contributed by atoms with Gasteiger partial charge in [0.15, 0.2) is 17.3 Å². The Morgan fingerprint density at radius 3 is 2.57 bits per heavy atom. The highest BCUT2D eigenvalue weighted by Crippen LogP contribution is 2.40. The van der Waals surface area contributed by atoms with Gasteiger partial charge in [-0.2, -0.15) is 0 Å². The highest BCUT2D eigenvalue weighted by molar-refractivity contribution is 6.32. The maximum Gasteiger partial charge on any atom is 0.246 e. The molecule has 0 aromatic heterocycles. The quantitative estimate of drug-likeness (QED) is 0.573. The first-order valence-electron chi connectivity index (χ1n) is 9.27. The molecular weight excluding hydrogens is 378 g/mol. The van der Waals surface area contributed by atoms with Gasteiger partial charge in [0, 0.05) is 30.6 Å². The van der Waals surface area contributed by atoms with E-state index in [1.165, 1.54) is 6.08 Å². The van der Waals surface area contributed by atoms with E-state index in [1.807, 2.05) is 30.3 Å². The van der Waals surface area contributed by atoms with Crippen LogP contribution in [0.2, 0.25) is 5.02 Å². The van der Waals surface area contributed by atoms with Gasteiger partial charge in [-0.1, -0.05) is 41.9 Å². The fourth-order valence-electron chi connectivity index (χ4n) is 3.56. The van der Waals surface area contributed by atoms with Crippen LogP contribution in [0, 0.1) is 5.92 Å². The van der Waals surface area contributed by atoms with Crippen molar-refractivity contribution in [1.29, 1.82) is 0 Å². The first-order valence-corrected chi connectivity index (χ1v) is 9.65. The summed E-state index contributed by atoms with van der Waals surface area (Å²) < 4.78 is 10.6. The summed E-state index contributed by atoms with van der Waals surface area (Å²) in [6.45, 7) is 1.31. The van der Waals surface area contributed by atoms with E-state index >= 15 is 0 Å². The first kappa shape index (κ1) is 18.6. The number of Topliss-reactive ketones (excluding diaryl/α,β-unsaturated/α-hetero) is 1. The normalized spacial score (nSPS) is 16.5. The third-order valence-electron chi connectivity index (χ3n) is 5.10. The van der Waals surface area contributed by atoms with E-state index < -0.39 is 0 Å². The lowest BCUT2D eigenvalue weighted by Crippen LogP contribution is -2.39. The molecule has 2 aromatic rings. The van der Waals surface area contributed by atoms with E-state index in [4.69, 9.17) is 21.1 Å². The fraction of sp³-hybridized carbons (Fsp3) is 0.273. The third kappa shape index (κ3) is 3.90. The van der Waals surface area contributed by atoms with Gasteiger partial charge in [0.1, 0.15) is 0 Å². The van der Waals surface area contributed by atoms with Crippen molar-refractivity contribution in [2.45, 2.75) is 12.8 Å². The number of fused-ring (bicyclic) bond motifs is 1. The van der Waals surface area contributed by atoms with Crippen LogP contribution >= 0.6 is 11.6 Å². The van der Waals surface area contributed by atoms with Crippen LogP contribution < -0.4 is 9.47 Å². The summed E-state index contributed by atoms with van der Waals surface area (Å²) in [6.07, 6.45) is 4.62. The van der Waals surface area contributed by atoms with Gasteiger partial charge in [-0.3, -0.25) is 9.59 Å². The smallest absolute Gasteiger partial charge is 0.246 e. The molecule has 5 nitrogen and oxygen atoms in total. The molecule has 0 bridgehead atoms. The van der Waals surface area contributed by atoms with Crippen LogP contribution in [0.5, 0.6) is 11.5 Å². The van der Waals surface area contributed by atoms with E-state index in [0.717, 1.165) is 11.1 Å². The molecule has 0 aliphatic carbocycles. The summed E-state index contributed by atoms with van der Waals surface area (Å²) in [5, 5.41) is 0.460. The lowest BCUT2D eigenvalue weighted by atomic mass is 9.89. The zero-order valence-electron chi connectivity index (χ0n) is 15.3. The molecule has 6 heteroatoms. The molecular formula is C22H20ClNO4. The van der Waals surface area contributed by atoms with Gasteiger partial charge >= 0.3 is 0 Å². The Balaban J connectivity index is 1.35. The fourth-order valence-corrected chi connectivity index (χ4v) is 3.83. The lowest BCUT2D eigenvalue weighted by molar-refractivity contribution is -0.127. The van der Waals surface area contributed by atoms with Crippen LogP contribution in [-0.2, 0) is 4.79 Å². The van der Waals surface area contributed by atoms with Crippen LogP contribution in [0.3, 0.4) is 0 Å². The van der Waals surface area contributed by atoms with E-state index in [1.54, 1.807) is 23.1 Å². The van der Waals surface area contributed by atoms with Crippen molar-refractivity contribution in [3.8, 4) is 11.5 Å². The number of hydrogen-bond acceptors (Lipinski definition) is 4. The number of benzene rings is 2. The Bertz CT molecular complexity index is 918. The molecule has 2 aromatic carbocycles. The number of hydrogen-bond donors (Lipinski definition) is 0. The van der Waals surface area contributed by atoms with Crippen LogP contribution in [0.25, 0.3) is 6.08 Å². The third-order valence-corrected chi connectivity index (χ3v) is 5.38. The summed E-state index contributed by atoms with van der Waals surface area (Å²) in [7, 11) is 0. The molecule has 0 spiro atoms. The van der Waals surface area contributed by atoms with Crippen molar-refractivity contribution >= 4 is 29.4 Å². The second kappa shape index (κ2) is 8.07. The Morgan fingerprint density at radius 1 is 1.07 bits per heavy atom. The second-order valence-electron chi connectivity index (χ2n) is 6.90. The van der Waals surface area contributed by atoms with E-state index in [2.05, 4.69) is 0 Å². The number of nitrogens with zero attached hydrogens (tertiary/aromatic N) is 1. The first-order chi connectivity index (χ1) is 13.6. The Labute approximate surface area is 168 Å². The molecule has 1 saturated heterocycles. The van der Waals surface area contributed by atoms with Crippen LogP contribution in [0.15, 0.2) is 48.5 Å². The number of carbonyl (C=O) groups excluding carboxylic acids is 2. The molecule has 0 saturated carbocycles. The molecule has 1 amide bonds.